The normalized spacial score (nSPS) is 11.3. The topological polar surface area (TPSA) is 35.0 Å². The highest BCUT2D eigenvalue weighted by atomic mass is 127. The van der Waals surface area contributed by atoms with Gasteiger partial charge in [0.05, 0.1) is 28.6 Å². The maximum Gasteiger partial charge on any atom is 0.231 e. The Bertz CT molecular complexity index is 253. The van der Waals surface area contributed by atoms with Crippen molar-refractivity contribution in [3.05, 3.63) is 18.1 Å². The fraction of sp³-hybridized carbons (Fsp3) is 0.500. The lowest BCUT2D eigenvalue weighted by molar-refractivity contribution is 0.394. The van der Waals surface area contributed by atoms with Gasteiger partial charge in [0, 0.05) is 0 Å². The van der Waals surface area contributed by atoms with Crippen LogP contribution < -0.4 is 4.74 Å². The Morgan fingerprint density at radius 2 is 2.00 bits per heavy atom. The van der Waals surface area contributed by atoms with E-state index in [1.807, 2.05) is 0 Å². The Kier molecular flexibility index (Phi) is 2.87. The van der Waals surface area contributed by atoms with Gasteiger partial charge in [-0.05, 0) is 13.8 Å². The van der Waals surface area contributed by atoms with Crippen LogP contribution in [0, 0.1) is 0 Å². The van der Waals surface area contributed by atoms with Gasteiger partial charge in [-0.2, -0.15) is 0 Å². The first kappa shape index (κ1) is 9.70. The van der Waals surface area contributed by atoms with Gasteiger partial charge in [-0.3, -0.25) is 4.98 Å². The SMILES string of the molecule is COc1cnc(C(C)(C)I)cn1. The number of hydrogen-bond acceptors (Lipinski definition) is 3. The average molecular weight is 278 g/mol. The third-order valence-electron chi connectivity index (χ3n) is 1.45. The van der Waals surface area contributed by atoms with E-state index in [9.17, 15) is 0 Å². The van der Waals surface area contributed by atoms with Gasteiger partial charge >= 0.3 is 0 Å². The molecule has 0 fully saturated rings. The summed E-state index contributed by atoms with van der Waals surface area (Å²) in [5, 5.41) is 0. The van der Waals surface area contributed by atoms with Crippen LogP contribution in [0.3, 0.4) is 0 Å². The summed E-state index contributed by atoms with van der Waals surface area (Å²) in [6, 6.07) is 0. The summed E-state index contributed by atoms with van der Waals surface area (Å²) in [6.45, 7) is 4.17. The predicted octanol–water partition coefficient (Wildman–Crippen LogP) is 2.16. The lowest BCUT2D eigenvalue weighted by Gasteiger charge is -2.14. The predicted molar refractivity (Wildman–Crippen MR) is 55.6 cm³/mol. The molecular formula is C8H11IN2O. The quantitative estimate of drug-likeness (QED) is 0.614. The molecule has 0 saturated heterocycles. The molecule has 0 amide bonds. The second-order valence-electron chi connectivity index (χ2n) is 2.92. The summed E-state index contributed by atoms with van der Waals surface area (Å²) in [6.07, 6.45) is 3.38. The molecule has 66 valence electrons. The molecule has 0 N–H and O–H groups in total. The van der Waals surface area contributed by atoms with Crippen LogP contribution in [0.2, 0.25) is 0 Å². The molecule has 12 heavy (non-hydrogen) atoms. The Balaban J connectivity index is 2.93. The van der Waals surface area contributed by atoms with Crippen molar-refractivity contribution in [1.29, 1.82) is 0 Å². The molecule has 0 atom stereocenters. The van der Waals surface area contributed by atoms with Crippen molar-refractivity contribution >= 4 is 22.6 Å². The summed E-state index contributed by atoms with van der Waals surface area (Å²) >= 11 is 2.32. The van der Waals surface area contributed by atoms with Crippen LogP contribution in [0.5, 0.6) is 5.88 Å². The first-order chi connectivity index (χ1) is 5.54. The van der Waals surface area contributed by atoms with E-state index >= 15 is 0 Å². The zero-order valence-electron chi connectivity index (χ0n) is 7.34. The van der Waals surface area contributed by atoms with Gasteiger partial charge in [-0.1, -0.05) is 22.6 Å². The van der Waals surface area contributed by atoms with Crippen molar-refractivity contribution in [2.75, 3.05) is 7.11 Å². The van der Waals surface area contributed by atoms with Crippen molar-refractivity contribution in [2.45, 2.75) is 17.3 Å². The lowest BCUT2D eigenvalue weighted by atomic mass is 10.1. The summed E-state index contributed by atoms with van der Waals surface area (Å²) in [5.74, 6) is 0.555. The number of alkyl halides is 1. The number of halogens is 1. The second kappa shape index (κ2) is 3.55. The van der Waals surface area contributed by atoms with Gasteiger partial charge in [0.15, 0.2) is 0 Å². The maximum atomic E-state index is 4.91. The van der Waals surface area contributed by atoms with Crippen molar-refractivity contribution < 1.29 is 4.74 Å². The number of aromatic nitrogens is 2. The third kappa shape index (κ3) is 2.30. The molecule has 0 saturated carbocycles. The summed E-state index contributed by atoms with van der Waals surface area (Å²) in [4.78, 5) is 8.30. The molecule has 0 radical (unpaired) electrons. The minimum atomic E-state index is 0.0248. The molecule has 0 aliphatic heterocycles. The molecule has 3 nitrogen and oxygen atoms in total. The van der Waals surface area contributed by atoms with Gasteiger partial charge < -0.3 is 4.74 Å². The van der Waals surface area contributed by atoms with Crippen LogP contribution in [0.25, 0.3) is 0 Å². The monoisotopic (exact) mass is 278 g/mol. The minimum Gasteiger partial charge on any atom is -0.480 e. The van der Waals surface area contributed by atoms with E-state index in [-0.39, 0.29) is 3.42 Å². The van der Waals surface area contributed by atoms with Crippen molar-refractivity contribution in [1.82, 2.24) is 9.97 Å². The molecule has 0 aromatic carbocycles. The smallest absolute Gasteiger partial charge is 0.231 e. The summed E-state index contributed by atoms with van der Waals surface area (Å²) in [5.41, 5.74) is 0.962. The summed E-state index contributed by atoms with van der Waals surface area (Å²) < 4.78 is 4.93. The van der Waals surface area contributed by atoms with E-state index in [1.165, 1.54) is 0 Å². The van der Waals surface area contributed by atoms with E-state index in [0.29, 0.717) is 5.88 Å². The van der Waals surface area contributed by atoms with Crippen molar-refractivity contribution in [2.24, 2.45) is 0 Å². The molecular weight excluding hydrogens is 267 g/mol. The minimum absolute atomic E-state index is 0.0248. The molecule has 1 rings (SSSR count). The van der Waals surface area contributed by atoms with E-state index in [2.05, 4.69) is 46.4 Å². The van der Waals surface area contributed by atoms with E-state index in [0.717, 1.165) is 5.69 Å². The van der Waals surface area contributed by atoms with Gasteiger partial charge in [0.25, 0.3) is 0 Å². The summed E-state index contributed by atoms with van der Waals surface area (Å²) in [7, 11) is 1.58. The highest BCUT2D eigenvalue weighted by Gasteiger charge is 2.17. The highest BCUT2D eigenvalue weighted by Crippen LogP contribution is 2.28. The highest BCUT2D eigenvalue weighted by molar-refractivity contribution is 14.1. The van der Waals surface area contributed by atoms with Gasteiger partial charge in [-0.15, -0.1) is 0 Å². The van der Waals surface area contributed by atoms with Crippen LogP contribution in [-0.4, -0.2) is 17.1 Å². The Labute approximate surface area is 85.7 Å². The van der Waals surface area contributed by atoms with Gasteiger partial charge in [0.1, 0.15) is 0 Å². The largest absolute Gasteiger partial charge is 0.480 e. The molecule has 1 aromatic heterocycles. The molecule has 0 aliphatic rings. The fourth-order valence-electron chi connectivity index (χ4n) is 0.729. The van der Waals surface area contributed by atoms with E-state index in [1.54, 1.807) is 19.5 Å². The van der Waals surface area contributed by atoms with Crippen LogP contribution in [0.1, 0.15) is 19.5 Å². The Morgan fingerprint density at radius 1 is 1.33 bits per heavy atom. The molecule has 0 unspecified atom stereocenters. The van der Waals surface area contributed by atoms with Crippen molar-refractivity contribution in [3.8, 4) is 5.88 Å². The lowest BCUT2D eigenvalue weighted by Crippen LogP contribution is -2.09. The van der Waals surface area contributed by atoms with Crippen LogP contribution in [0.4, 0.5) is 0 Å². The molecule has 4 heteroatoms. The van der Waals surface area contributed by atoms with E-state index in [4.69, 9.17) is 4.74 Å². The Morgan fingerprint density at radius 3 is 2.33 bits per heavy atom. The van der Waals surface area contributed by atoms with Crippen LogP contribution in [0.15, 0.2) is 12.4 Å². The number of rotatable bonds is 2. The van der Waals surface area contributed by atoms with Gasteiger partial charge in [-0.25, -0.2) is 4.98 Å². The van der Waals surface area contributed by atoms with Crippen LogP contribution >= 0.6 is 22.6 Å². The number of ether oxygens (including phenoxy) is 1. The number of nitrogens with zero attached hydrogens (tertiary/aromatic N) is 2. The molecule has 0 aliphatic carbocycles. The third-order valence-corrected chi connectivity index (χ3v) is 2.00. The molecule has 0 bridgehead atoms. The zero-order valence-corrected chi connectivity index (χ0v) is 9.49. The standard InChI is InChI=1S/C8H11IN2O/c1-8(2,9)6-4-11-7(12-3)5-10-6/h4-5H,1-3H3. The fourth-order valence-corrected chi connectivity index (χ4v) is 1.01. The number of methoxy groups -OCH3 is 1. The van der Waals surface area contributed by atoms with Gasteiger partial charge in [0.2, 0.25) is 5.88 Å². The van der Waals surface area contributed by atoms with E-state index < -0.39 is 0 Å². The van der Waals surface area contributed by atoms with Crippen LogP contribution in [-0.2, 0) is 3.42 Å². The molecule has 0 spiro atoms. The molecule has 1 aromatic rings. The Hall–Kier alpha value is -0.390. The first-order valence-electron chi connectivity index (χ1n) is 3.59. The maximum absolute atomic E-state index is 4.91. The average Bonchev–Trinajstić information content (AvgIpc) is 2.03. The first-order valence-corrected chi connectivity index (χ1v) is 4.67. The molecule has 1 heterocycles. The zero-order chi connectivity index (χ0) is 9.19. The second-order valence-corrected chi connectivity index (χ2v) is 5.61. The number of hydrogen-bond donors (Lipinski definition) is 0. The van der Waals surface area contributed by atoms with Crippen molar-refractivity contribution in [3.63, 3.8) is 0 Å².